The number of hydrogen-bond donors (Lipinski definition) is 2. The Hall–Kier alpha value is -0.600. The van der Waals surface area contributed by atoms with Crippen LogP contribution in [0.3, 0.4) is 0 Å². The van der Waals surface area contributed by atoms with Crippen molar-refractivity contribution in [2.45, 2.75) is 50.7 Å². The van der Waals surface area contributed by atoms with E-state index in [1.54, 1.807) is 26.0 Å². The zero-order valence-electron chi connectivity index (χ0n) is 9.29. The molecule has 2 heteroatoms. The molecule has 0 aliphatic carbocycles. The van der Waals surface area contributed by atoms with E-state index in [-0.39, 0.29) is 0 Å². The Bertz CT molecular complexity index is 170. The lowest BCUT2D eigenvalue weighted by Crippen LogP contribution is -2.30. The monoisotopic (exact) mass is 198 g/mol. The van der Waals surface area contributed by atoms with E-state index < -0.39 is 11.2 Å². The smallest absolute Gasteiger partial charge is 0.0655 e. The van der Waals surface area contributed by atoms with Crippen molar-refractivity contribution in [2.75, 3.05) is 0 Å². The molecule has 82 valence electrons. The van der Waals surface area contributed by atoms with Gasteiger partial charge in [0.1, 0.15) is 0 Å². The summed E-state index contributed by atoms with van der Waals surface area (Å²) in [5, 5.41) is 19.7. The number of rotatable bonds is 7. The Morgan fingerprint density at radius 1 is 0.929 bits per heavy atom. The molecule has 0 aromatic heterocycles. The summed E-state index contributed by atoms with van der Waals surface area (Å²) in [5.74, 6) is 0. The molecule has 2 atom stereocenters. The highest BCUT2D eigenvalue weighted by molar-refractivity contribution is 4.88. The van der Waals surface area contributed by atoms with Crippen LogP contribution in [0.1, 0.15) is 39.5 Å². The van der Waals surface area contributed by atoms with Crippen molar-refractivity contribution in [2.24, 2.45) is 0 Å². The van der Waals surface area contributed by atoms with Crippen molar-refractivity contribution < 1.29 is 10.2 Å². The fraction of sp³-hybridized carbons (Fsp3) is 0.667. The van der Waals surface area contributed by atoms with Crippen LogP contribution in [0.15, 0.2) is 25.3 Å². The van der Waals surface area contributed by atoms with Gasteiger partial charge in [-0.1, -0.05) is 12.2 Å². The van der Waals surface area contributed by atoms with Gasteiger partial charge in [0.15, 0.2) is 0 Å². The van der Waals surface area contributed by atoms with Crippen LogP contribution in [0.25, 0.3) is 0 Å². The van der Waals surface area contributed by atoms with Gasteiger partial charge in [0.25, 0.3) is 0 Å². The normalized spacial score (nSPS) is 19.4. The summed E-state index contributed by atoms with van der Waals surface area (Å²) in [6, 6.07) is 0. The highest BCUT2D eigenvalue weighted by atomic mass is 16.3. The topological polar surface area (TPSA) is 40.5 Å². The van der Waals surface area contributed by atoms with Crippen LogP contribution >= 0.6 is 0 Å². The molecule has 0 heterocycles. The van der Waals surface area contributed by atoms with E-state index in [0.29, 0.717) is 25.7 Å². The summed E-state index contributed by atoms with van der Waals surface area (Å²) in [6.45, 7) is 10.7. The van der Waals surface area contributed by atoms with Gasteiger partial charge >= 0.3 is 0 Å². The Balaban J connectivity index is 4.02. The lowest BCUT2D eigenvalue weighted by molar-refractivity contribution is 0.000530. The Morgan fingerprint density at radius 3 is 1.43 bits per heavy atom. The molecule has 0 unspecified atom stereocenters. The minimum atomic E-state index is -0.757. The van der Waals surface area contributed by atoms with Crippen molar-refractivity contribution in [3.8, 4) is 0 Å². The molecule has 0 saturated carbocycles. The lowest BCUT2D eigenvalue weighted by Gasteiger charge is -2.28. The second kappa shape index (κ2) is 5.32. The Labute approximate surface area is 87.0 Å². The largest absolute Gasteiger partial charge is 0.390 e. The summed E-state index contributed by atoms with van der Waals surface area (Å²) in [6.07, 6.45) is 5.64. The van der Waals surface area contributed by atoms with E-state index >= 15 is 0 Å². The highest BCUT2D eigenvalue weighted by Gasteiger charge is 2.25. The Kier molecular flexibility index (Phi) is 5.09. The van der Waals surface area contributed by atoms with Crippen LogP contribution in [0, 0.1) is 0 Å². The second-order valence-corrected chi connectivity index (χ2v) is 4.48. The summed E-state index contributed by atoms with van der Waals surface area (Å²) in [5.41, 5.74) is -1.51. The SMILES string of the molecule is C=CC[C@](C)(O)CC[C@@](C)(O)CC=C. The maximum absolute atomic E-state index is 9.84. The van der Waals surface area contributed by atoms with E-state index in [0.717, 1.165) is 0 Å². The van der Waals surface area contributed by atoms with Crippen LogP contribution in [-0.2, 0) is 0 Å². The molecule has 2 N–H and O–H groups in total. The van der Waals surface area contributed by atoms with E-state index in [9.17, 15) is 10.2 Å². The van der Waals surface area contributed by atoms with Crippen molar-refractivity contribution in [1.29, 1.82) is 0 Å². The first-order valence-electron chi connectivity index (χ1n) is 4.99. The average molecular weight is 198 g/mol. The van der Waals surface area contributed by atoms with Gasteiger partial charge in [-0.3, -0.25) is 0 Å². The molecule has 0 fully saturated rings. The minimum Gasteiger partial charge on any atom is -0.390 e. The van der Waals surface area contributed by atoms with Gasteiger partial charge in [-0.2, -0.15) is 0 Å². The van der Waals surface area contributed by atoms with Gasteiger partial charge in [-0.15, -0.1) is 13.2 Å². The average Bonchev–Trinajstić information content (AvgIpc) is 2.01. The molecule has 2 nitrogen and oxygen atoms in total. The molecule has 0 aliphatic rings. The molecule has 0 spiro atoms. The number of aliphatic hydroxyl groups is 2. The summed E-state index contributed by atoms with van der Waals surface area (Å²) < 4.78 is 0. The van der Waals surface area contributed by atoms with Crippen molar-refractivity contribution >= 4 is 0 Å². The molecular weight excluding hydrogens is 176 g/mol. The van der Waals surface area contributed by atoms with Gasteiger partial charge in [-0.05, 0) is 39.5 Å². The fourth-order valence-corrected chi connectivity index (χ4v) is 1.36. The fourth-order valence-electron chi connectivity index (χ4n) is 1.36. The van der Waals surface area contributed by atoms with E-state index in [1.165, 1.54) is 0 Å². The third-order valence-corrected chi connectivity index (χ3v) is 2.37. The molecule has 0 aromatic rings. The zero-order chi connectivity index (χ0) is 11.2. The van der Waals surface area contributed by atoms with Crippen molar-refractivity contribution in [3.05, 3.63) is 25.3 Å². The third kappa shape index (κ3) is 5.95. The highest BCUT2D eigenvalue weighted by Crippen LogP contribution is 2.24. The van der Waals surface area contributed by atoms with Crippen LogP contribution in [0.2, 0.25) is 0 Å². The van der Waals surface area contributed by atoms with Gasteiger partial charge < -0.3 is 10.2 Å². The second-order valence-electron chi connectivity index (χ2n) is 4.48. The Morgan fingerprint density at radius 2 is 1.21 bits per heavy atom. The van der Waals surface area contributed by atoms with Gasteiger partial charge in [0.2, 0.25) is 0 Å². The summed E-state index contributed by atoms with van der Waals surface area (Å²) >= 11 is 0. The quantitative estimate of drug-likeness (QED) is 0.617. The summed E-state index contributed by atoms with van der Waals surface area (Å²) in [4.78, 5) is 0. The predicted molar refractivity (Wildman–Crippen MR) is 60.1 cm³/mol. The van der Waals surface area contributed by atoms with Crippen LogP contribution in [0.4, 0.5) is 0 Å². The molecule has 0 bridgehead atoms. The molecule has 0 radical (unpaired) electrons. The first-order valence-corrected chi connectivity index (χ1v) is 4.99. The molecule has 0 rings (SSSR count). The standard InChI is InChI=1S/C12H22O2/c1-5-7-11(3,13)9-10-12(4,14)8-6-2/h5-6,13-14H,1-2,7-10H2,3-4H3/t11-,12-/m0/s1. The van der Waals surface area contributed by atoms with Crippen molar-refractivity contribution in [1.82, 2.24) is 0 Å². The van der Waals surface area contributed by atoms with Gasteiger partial charge in [0, 0.05) is 0 Å². The first kappa shape index (κ1) is 13.4. The predicted octanol–water partition coefficient (Wildman–Crippen LogP) is 2.42. The lowest BCUT2D eigenvalue weighted by atomic mass is 9.88. The maximum atomic E-state index is 9.84. The van der Waals surface area contributed by atoms with Crippen LogP contribution in [0.5, 0.6) is 0 Å². The molecule has 0 aliphatic heterocycles. The molecule has 0 saturated heterocycles. The molecule has 14 heavy (non-hydrogen) atoms. The summed E-state index contributed by atoms with van der Waals surface area (Å²) in [7, 11) is 0. The van der Waals surface area contributed by atoms with Crippen molar-refractivity contribution in [3.63, 3.8) is 0 Å². The number of hydrogen-bond acceptors (Lipinski definition) is 2. The molecule has 0 amide bonds. The zero-order valence-corrected chi connectivity index (χ0v) is 9.29. The van der Waals surface area contributed by atoms with Gasteiger partial charge in [0.05, 0.1) is 11.2 Å². The van der Waals surface area contributed by atoms with E-state index in [4.69, 9.17) is 0 Å². The minimum absolute atomic E-state index is 0.553. The van der Waals surface area contributed by atoms with E-state index in [1.807, 2.05) is 0 Å². The van der Waals surface area contributed by atoms with Crippen LogP contribution < -0.4 is 0 Å². The molecular formula is C12H22O2. The molecule has 0 aromatic carbocycles. The first-order chi connectivity index (χ1) is 6.33. The third-order valence-electron chi connectivity index (χ3n) is 2.37. The van der Waals surface area contributed by atoms with Gasteiger partial charge in [-0.25, -0.2) is 0 Å². The van der Waals surface area contributed by atoms with E-state index in [2.05, 4.69) is 13.2 Å². The maximum Gasteiger partial charge on any atom is 0.0655 e. The van der Waals surface area contributed by atoms with Crippen LogP contribution in [-0.4, -0.2) is 21.4 Å².